The van der Waals surface area contributed by atoms with Crippen molar-refractivity contribution in [3.8, 4) is 5.75 Å². The fourth-order valence-electron chi connectivity index (χ4n) is 1.83. The molecule has 1 aromatic rings. The molecule has 0 saturated heterocycles. The molecule has 17 heavy (non-hydrogen) atoms. The van der Waals surface area contributed by atoms with Crippen LogP contribution in [-0.4, -0.2) is 30.3 Å². The quantitative estimate of drug-likeness (QED) is 0.898. The van der Waals surface area contributed by atoms with E-state index >= 15 is 0 Å². The number of hydrogen-bond acceptors (Lipinski definition) is 3. The highest BCUT2D eigenvalue weighted by atomic mass is 79.9. The minimum absolute atomic E-state index is 0.00619. The molecular weight excluding hydrogens is 286 g/mol. The minimum atomic E-state index is -0.247. The number of rotatable bonds is 3. The van der Waals surface area contributed by atoms with E-state index in [1.165, 1.54) is 6.07 Å². The van der Waals surface area contributed by atoms with Crippen molar-refractivity contribution in [2.45, 2.75) is 25.0 Å². The van der Waals surface area contributed by atoms with Crippen LogP contribution in [0, 0.1) is 0 Å². The van der Waals surface area contributed by atoms with Gasteiger partial charge in [-0.15, -0.1) is 0 Å². The largest absolute Gasteiger partial charge is 0.507 e. The van der Waals surface area contributed by atoms with Crippen molar-refractivity contribution >= 4 is 21.8 Å². The number of phenols is 1. The molecule has 5 heteroatoms. The van der Waals surface area contributed by atoms with Crippen LogP contribution in [-0.2, 0) is 4.74 Å². The van der Waals surface area contributed by atoms with Crippen LogP contribution >= 0.6 is 15.9 Å². The summed E-state index contributed by atoms with van der Waals surface area (Å²) in [6, 6.07) is 4.94. The summed E-state index contributed by atoms with van der Waals surface area (Å²) in [5.74, 6) is -0.253. The first kappa shape index (κ1) is 12.4. The maximum Gasteiger partial charge on any atom is 0.255 e. The predicted octanol–water partition coefficient (Wildman–Crippen LogP) is 2.06. The lowest BCUT2D eigenvalue weighted by Gasteiger charge is -2.34. The van der Waals surface area contributed by atoms with Crippen LogP contribution in [0.15, 0.2) is 22.7 Å². The predicted molar refractivity (Wildman–Crippen MR) is 67.1 cm³/mol. The van der Waals surface area contributed by atoms with Crippen molar-refractivity contribution in [1.82, 2.24) is 5.32 Å². The van der Waals surface area contributed by atoms with Gasteiger partial charge < -0.3 is 15.2 Å². The van der Waals surface area contributed by atoms with Crippen molar-refractivity contribution in [3.63, 3.8) is 0 Å². The van der Waals surface area contributed by atoms with Crippen molar-refractivity contribution in [2.24, 2.45) is 0 Å². The zero-order valence-electron chi connectivity index (χ0n) is 9.44. The molecule has 1 aromatic carbocycles. The molecule has 0 heterocycles. The number of amides is 1. The maximum atomic E-state index is 11.9. The van der Waals surface area contributed by atoms with E-state index in [9.17, 15) is 9.90 Å². The van der Waals surface area contributed by atoms with Crippen molar-refractivity contribution in [1.29, 1.82) is 0 Å². The van der Waals surface area contributed by atoms with Crippen LogP contribution < -0.4 is 5.32 Å². The summed E-state index contributed by atoms with van der Waals surface area (Å²) in [5, 5.41) is 12.5. The van der Waals surface area contributed by atoms with E-state index < -0.39 is 0 Å². The number of hydrogen-bond donors (Lipinski definition) is 2. The first-order valence-corrected chi connectivity index (χ1v) is 6.21. The van der Waals surface area contributed by atoms with Gasteiger partial charge in [0.25, 0.3) is 5.91 Å². The third-order valence-electron chi connectivity index (χ3n) is 2.97. The Morgan fingerprint density at radius 3 is 2.88 bits per heavy atom. The van der Waals surface area contributed by atoms with Gasteiger partial charge in [0.2, 0.25) is 0 Å². The molecule has 0 aliphatic heterocycles. The van der Waals surface area contributed by atoms with Gasteiger partial charge in [-0.05, 0) is 31.0 Å². The normalized spacial score (nSPS) is 22.9. The standard InChI is InChI=1S/C12H14BrNO3/c1-17-9-5-8(6-9)14-12(16)10-4-7(13)2-3-11(10)15/h2-4,8-9,15H,5-6H2,1H3,(H,14,16). The molecule has 1 aliphatic rings. The average Bonchev–Trinajstić information content (AvgIpc) is 2.25. The second-order valence-corrected chi connectivity index (χ2v) is 5.08. The highest BCUT2D eigenvalue weighted by molar-refractivity contribution is 9.10. The Labute approximate surface area is 108 Å². The summed E-state index contributed by atoms with van der Waals surface area (Å²) in [6.45, 7) is 0. The Balaban J connectivity index is 1.98. The van der Waals surface area contributed by atoms with Crippen LogP contribution in [0.2, 0.25) is 0 Å². The monoisotopic (exact) mass is 299 g/mol. The molecule has 0 aromatic heterocycles. The van der Waals surface area contributed by atoms with E-state index in [1.54, 1.807) is 19.2 Å². The molecule has 2 rings (SSSR count). The summed E-state index contributed by atoms with van der Waals surface area (Å²) in [5.41, 5.74) is 0.292. The second-order valence-electron chi connectivity index (χ2n) is 4.16. The Bertz CT molecular complexity index is 430. The highest BCUT2D eigenvalue weighted by Gasteiger charge is 2.30. The van der Waals surface area contributed by atoms with Gasteiger partial charge in [-0.25, -0.2) is 0 Å². The van der Waals surface area contributed by atoms with Gasteiger partial charge in [-0.3, -0.25) is 4.79 Å². The van der Waals surface area contributed by atoms with Crippen LogP contribution in [0.3, 0.4) is 0 Å². The lowest BCUT2D eigenvalue weighted by molar-refractivity contribution is 0.0176. The number of ether oxygens (including phenoxy) is 1. The molecule has 0 atom stereocenters. The van der Waals surface area contributed by atoms with Crippen LogP contribution in [0.1, 0.15) is 23.2 Å². The summed E-state index contributed by atoms with van der Waals surface area (Å²) in [6.07, 6.45) is 1.91. The molecule has 1 fully saturated rings. The average molecular weight is 300 g/mol. The molecule has 2 N–H and O–H groups in total. The Morgan fingerprint density at radius 2 is 2.24 bits per heavy atom. The third kappa shape index (κ3) is 2.79. The number of aromatic hydroxyl groups is 1. The van der Waals surface area contributed by atoms with Crippen molar-refractivity contribution in [2.75, 3.05) is 7.11 Å². The van der Waals surface area contributed by atoms with Crippen molar-refractivity contribution in [3.05, 3.63) is 28.2 Å². The first-order valence-electron chi connectivity index (χ1n) is 5.42. The molecule has 0 radical (unpaired) electrons. The summed E-state index contributed by atoms with van der Waals surface area (Å²) in [4.78, 5) is 11.9. The van der Waals surface area contributed by atoms with Crippen LogP contribution in [0.4, 0.5) is 0 Å². The Morgan fingerprint density at radius 1 is 1.53 bits per heavy atom. The summed E-state index contributed by atoms with van der Waals surface area (Å²) in [7, 11) is 1.67. The van der Waals surface area contributed by atoms with Gasteiger partial charge in [0.05, 0.1) is 11.7 Å². The summed E-state index contributed by atoms with van der Waals surface area (Å²) < 4.78 is 5.91. The number of nitrogens with one attached hydrogen (secondary N) is 1. The second kappa shape index (κ2) is 5.06. The molecule has 0 bridgehead atoms. The number of carbonyl (C=O) groups is 1. The molecule has 0 spiro atoms. The van der Waals surface area contributed by atoms with Gasteiger partial charge in [-0.2, -0.15) is 0 Å². The molecule has 1 amide bonds. The van der Waals surface area contributed by atoms with Gasteiger partial charge in [0.1, 0.15) is 5.75 Å². The molecule has 4 nitrogen and oxygen atoms in total. The van der Waals surface area contributed by atoms with Gasteiger partial charge in [-0.1, -0.05) is 15.9 Å². The van der Waals surface area contributed by atoms with E-state index in [0.29, 0.717) is 5.56 Å². The Kier molecular flexibility index (Phi) is 3.69. The molecular formula is C12H14BrNO3. The SMILES string of the molecule is COC1CC(NC(=O)c2cc(Br)ccc2O)C1. The van der Waals surface area contributed by atoms with Crippen LogP contribution in [0.25, 0.3) is 0 Å². The Hall–Kier alpha value is -1.07. The van der Waals surface area contributed by atoms with E-state index in [0.717, 1.165) is 17.3 Å². The fourth-order valence-corrected chi connectivity index (χ4v) is 2.19. The minimum Gasteiger partial charge on any atom is -0.507 e. The topological polar surface area (TPSA) is 58.6 Å². The number of halogens is 1. The number of benzene rings is 1. The number of carbonyl (C=O) groups excluding carboxylic acids is 1. The first-order chi connectivity index (χ1) is 8.10. The molecule has 0 unspecified atom stereocenters. The fraction of sp³-hybridized carbons (Fsp3) is 0.417. The number of methoxy groups -OCH3 is 1. The lowest BCUT2D eigenvalue weighted by Crippen LogP contribution is -2.47. The summed E-state index contributed by atoms with van der Waals surface area (Å²) >= 11 is 3.27. The van der Waals surface area contributed by atoms with Gasteiger partial charge >= 0.3 is 0 Å². The van der Waals surface area contributed by atoms with Gasteiger partial charge in [0.15, 0.2) is 0 Å². The van der Waals surface area contributed by atoms with Crippen LogP contribution in [0.5, 0.6) is 5.75 Å². The highest BCUT2D eigenvalue weighted by Crippen LogP contribution is 2.25. The van der Waals surface area contributed by atoms with E-state index in [4.69, 9.17) is 4.74 Å². The third-order valence-corrected chi connectivity index (χ3v) is 3.46. The van der Waals surface area contributed by atoms with E-state index in [1.807, 2.05) is 0 Å². The molecule has 1 aliphatic carbocycles. The number of phenolic OH excluding ortho intramolecular Hbond substituents is 1. The van der Waals surface area contributed by atoms with Crippen molar-refractivity contribution < 1.29 is 14.6 Å². The van der Waals surface area contributed by atoms with E-state index in [-0.39, 0.29) is 23.8 Å². The maximum absolute atomic E-state index is 11.9. The van der Waals surface area contributed by atoms with Gasteiger partial charge in [0, 0.05) is 17.6 Å². The zero-order chi connectivity index (χ0) is 12.4. The zero-order valence-corrected chi connectivity index (χ0v) is 11.0. The van der Waals surface area contributed by atoms with E-state index in [2.05, 4.69) is 21.2 Å². The smallest absolute Gasteiger partial charge is 0.255 e. The molecule has 1 saturated carbocycles. The lowest BCUT2D eigenvalue weighted by atomic mass is 9.89. The molecule has 92 valence electrons.